The summed E-state index contributed by atoms with van der Waals surface area (Å²) in [7, 11) is 2.17. The molecule has 74 valence electrons. The summed E-state index contributed by atoms with van der Waals surface area (Å²) < 4.78 is 0. The van der Waals surface area contributed by atoms with E-state index in [0.29, 0.717) is 12.1 Å². The molecule has 1 fully saturated rings. The van der Waals surface area contributed by atoms with E-state index < -0.39 is 0 Å². The number of hydrogen-bond acceptors (Lipinski definition) is 2. The quantitative estimate of drug-likeness (QED) is 0.662. The first-order valence-corrected chi connectivity index (χ1v) is 5.13. The van der Waals surface area contributed by atoms with Crippen LogP contribution in [0.3, 0.4) is 0 Å². The van der Waals surface area contributed by atoms with Gasteiger partial charge in [-0.2, -0.15) is 0 Å². The number of rotatable bonds is 3. The largest absolute Gasteiger partial charge is 0.328 e. The first-order valence-electron chi connectivity index (χ1n) is 5.13. The van der Waals surface area contributed by atoms with Crippen LogP contribution in [0.5, 0.6) is 0 Å². The first-order chi connectivity index (χ1) is 6.24. The lowest BCUT2D eigenvalue weighted by Gasteiger charge is -2.33. The van der Waals surface area contributed by atoms with Gasteiger partial charge >= 0.3 is 0 Å². The van der Waals surface area contributed by atoms with Gasteiger partial charge in [-0.1, -0.05) is 0 Å². The monoisotopic (exact) mass is 180 g/mol. The van der Waals surface area contributed by atoms with Crippen molar-refractivity contribution in [3.05, 3.63) is 0 Å². The lowest BCUT2D eigenvalue weighted by molar-refractivity contribution is 0.186. The average Bonchev–Trinajstić information content (AvgIpc) is 2.15. The van der Waals surface area contributed by atoms with Crippen LogP contribution in [0.1, 0.15) is 32.1 Å². The molecule has 0 heterocycles. The lowest BCUT2D eigenvalue weighted by atomic mass is 9.91. The molecule has 1 aliphatic carbocycles. The van der Waals surface area contributed by atoms with Gasteiger partial charge in [0.1, 0.15) is 0 Å². The topological polar surface area (TPSA) is 29.3 Å². The van der Waals surface area contributed by atoms with Crippen LogP contribution in [0.4, 0.5) is 0 Å². The van der Waals surface area contributed by atoms with E-state index in [2.05, 4.69) is 17.9 Å². The van der Waals surface area contributed by atoms with Crippen molar-refractivity contribution in [3.63, 3.8) is 0 Å². The van der Waals surface area contributed by atoms with E-state index in [-0.39, 0.29) is 0 Å². The average molecular weight is 180 g/mol. The molecule has 1 aliphatic rings. The Balaban J connectivity index is 2.24. The Morgan fingerprint density at radius 1 is 1.38 bits per heavy atom. The third kappa shape index (κ3) is 3.38. The zero-order valence-corrected chi connectivity index (χ0v) is 8.50. The minimum Gasteiger partial charge on any atom is -0.328 e. The van der Waals surface area contributed by atoms with Crippen molar-refractivity contribution in [2.75, 3.05) is 13.6 Å². The summed E-state index contributed by atoms with van der Waals surface area (Å²) in [5, 5.41) is 0. The van der Waals surface area contributed by atoms with Gasteiger partial charge in [-0.15, -0.1) is 12.3 Å². The molecule has 1 saturated carbocycles. The van der Waals surface area contributed by atoms with Crippen LogP contribution in [0, 0.1) is 12.3 Å². The summed E-state index contributed by atoms with van der Waals surface area (Å²) in [5.74, 6) is 2.68. The van der Waals surface area contributed by atoms with Gasteiger partial charge < -0.3 is 10.6 Å². The molecule has 0 aromatic carbocycles. The van der Waals surface area contributed by atoms with Crippen molar-refractivity contribution in [1.29, 1.82) is 0 Å². The molecule has 0 spiro atoms. The number of nitrogens with two attached hydrogens (primary N) is 1. The Hall–Kier alpha value is -0.520. The molecule has 0 amide bonds. The summed E-state index contributed by atoms with van der Waals surface area (Å²) in [6.07, 6.45) is 10.9. The minimum absolute atomic E-state index is 0.442. The first kappa shape index (κ1) is 10.6. The molecule has 0 bridgehead atoms. The molecule has 0 saturated heterocycles. The van der Waals surface area contributed by atoms with Crippen molar-refractivity contribution in [1.82, 2.24) is 4.90 Å². The molecule has 0 aromatic rings. The van der Waals surface area contributed by atoms with Crippen LogP contribution in [0.25, 0.3) is 0 Å². The van der Waals surface area contributed by atoms with E-state index in [9.17, 15) is 0 Å². The van der Waals surface area contributed by atoms with E-state index >= 15 is 0 Å². The van der Waals surface area contributed by atoms with Gasteiger partial charge in [0.25, 0.3) is 0 Å². The molecule has 13 heavy (non-hydrogen) atoms. The summed E-state index contributed by atoms with van der Waals surface area (Å²) in [6.45, 7) is 1.02. The zero-order valence-electron chi connectivity index (χ0n) is 8.50. The minimum atomic E-state index is 0.442. The maximum absolute atomic E-state index is 5.85. The van der Waals surface area contributed by atoms with E-state index in [1.54, 1.807) is 0 Å². The van der Waals surface area contributed by atoms with Gasteiger partial charge in [0, 0.05) is 25.0 Å². The van der Waals surface area contributed by atoms with Crippen molar-refractivity contribution < 1.29 is 0 Å². The molecule has 2 N–H and O–H groups in total. The maximum atomic E-state index is 5.85. The fourth-order valence-electron chi connectivity index (χ4n) is 1.97. The fraction of sp³-hybridized carbons (Fsp3) is 0.818. The Kier molecular flexibility index (Phi) is 4.27. The normalized spacial score (nSPS) is 28.8. The Labute approximate surface area is 81.5 Å². The molecule has 0 aromatic heterocycles. The molecule has 2 nitrogen and oxygen atoms in total. The highest BCUT2D eigenvalue weighted by Crippen LogP contribution is 2.20. The van der Waals surface area contributed by atoms with Gasteiger partial charge in [0.05, 0.1) is 0 Å². The van der Waals surface area contributed by atoms with Crippen molar-refractivity contribution in [3.8, 4) is 12.3 Å². The molecule has 0 atom stereocenters. The highest BCUT2D eigenvalue weighted by atomic mass is 15.1. The number of hydrogen-bond donors (Lipinski definition) is 1. The molecule has 0 unspecified atom stereocenters. The smallest absolute Gasteiger partial charge is 0.0214 e. The number of terminal acetylenes is 1. The molecular weight excluding hydrogens is 160 g/mol. The van der Waals surface area contributed by atoms with Gasteiger partial charge in [0.2, 0.25) is 0 Å². The van der Waals surface area contributed by atoms with E-state index in [1.807, 2.05) is 0 Å². The highest BCUT2D eigenvalue weighted by molar-refractivity contribution is 4.86. The van der Waals surface area contributed by atoms with Gasteiger partial charge in [0.15, 0.2) is 0 Å². The predicted molar refractivity (Wildman–Crippen MR) is 56.3 cm³/mol. The van der Waals surface area contributed by atoms with E-state index in [0.717, 1.165) is 13.0 Å². The summed E-state index contributed by atoms with van der Waals surface area (Å²) in [5.41, 5.74) is 5.85. The van der Waals surface area contributed by atoms with Crippen LogP contribution >= 0.6 is 0 Å². The Bertz CT molecular complexity index is 175. The second kappa shape index (κ2) is 5.26. The molecular formula is C11H20N2. The number of nitrogens with zero attached hydrogens (tertiary/aromatic N) is 1. The summed E-state index contributed by atoms with van der Waals surface area (Å²) in [4.78, 5) is 2.38. The van der Waals surface area contributed by atoms with Gasteiger partial charge in [-0.3, -0.25) is 0 Å². The van der Waals surface area contributed by atoms with Crippen molar-refractivity contribution >= 4 is 0 Å². The SMILES string of the molecule is C#CCCN(C)C1CCC(N)CC1. The maximum Gasteiger partial charge on any atom is 0.0214 e. The predicted octanol–water partition coefficient (Wildman–Crippen LogP) is 1.21. The third-order valence-corrected chi connectivity index (χ3v) is 2.97. The van der Waals surface area contributed by atoms with Crippen LogP contribution < -0.4 is 5.73 Å². The van der Waals surface area contributed by atoms with Gasteiger partial charge in [-0.05, 0) is 32.7 Å². The lowest BCUT2D eigenvalue weighted by Crippen LogP contribution is -2.39. The van der Waals surface area contributed by atoms with Crippen molar-refractivity contribution in [2.24, 2.45) is 5.73 Å². The summed E-state index contributed by atoms with van der Waals surface area (Å²) in [6, 6.07) is 1.16. The fourth-order valence-corrected chi connectivity index (χ4v) is 1.97. The van der Waals surface area contributed by atoms with E-state index in [1.165, 1.54) is 25.7 Å². The zero-order chi connectivity index (χ0) is 9.68. The van der Waals surface area contributed by atoms with Gasteiger partial charge in [-0.25, -0.2) is 0 Å². The third-order valence-electron chi connectivity index (χ3n) is 2.97. The van der Waals surface area contributed by atoms with E-state index in [4.69, 9.17) is 12.2 Å². The standard InChI is InChI=1S/C11H20N2/c1-3-4-9-13(2)11-7-5-10(12)6-8-11/h1,10-11H,4-9,12H2,2H3. The van der Waals surface area contributed by atoms with Crippen LogP contribution in [0.15, 0.2) is 0 Å². The second-order valence-corrected chi connectivity index (χ2v) is 4.00. The molecule has 0 radical (unpaired) electrons. The van der Waals surface area contributed by atoms with Crippen LogP contribution in [0.2, 0.25) is 0 Å². The molecule has 1 rings (SSSR count). The molecule has 0 aliphatic heterocycles. The van der Waals surface area contributed by atoms with Crippen LogP contribution in [-0.4, -0.2) is 30.6 Å². The van der Waals surface area contributed by atoms with Crippen LogP contribution in [-0.2, 0) is 0 Å². The highest BCUT2D eigenvalue weighted by Gasteiger charge is 2.21. The summed E-state index contributed by atoms with van der Waals surface area (Å²) >= 11 is 0. The van der Waals surface area contributed by atoms with Crippen molar-refractivity contribution in [2.45, 2.75) is 44.2 Å². The second-order valence-electron chi connectivity index (χ2n) is 4.00. The Morgan fingerprint density at radius 2 is 2.00 bits per heavy atom. The molecule has 2 heteroatoms. The Morgan fingerprint density at radius 3 is 2.54 bits per heavy atom.